The molecule has 0 amide bonds. The van der Waals surface area contributed by atoms with Crippen LogP contribution in [0.4, 0.5) is 0 Å². The average molecular weight is 1040 g/mol. The van der Waals surface area contributed by atoms with Crippen LogP contribution in [0.1, 0.15) is 185 Å². The molecule has 0 aromatic heterocycles. The van der Waals surface area contributed by atoms with Gasteiger partial charge in [-0.1, -0.05) is 41.5 Å². The Morgan fingerprint density at radius 3 is 1.16 bits per heavy atom. The van der Waals surface area contributed by atoms with Gasteiger partial charge in [-0.3, -0.25) is 28.8 Å². The molecule has 9 fully saturated rings. The van der Waals surface area contributed by atoms with E-state index in [0.717, 1.165) is 38.5 Å². The molecule has 74 heavy (non-hydrogen) atoms. The SMILES string of the molecule is COC(=O)CCC(C)[C@H]1CC[C@H]2[C@@H]3[C@H](OC(C)=O)C[C@@H]4CC5(CC[C@]4(C)[C@H]3C[C@H](OC(C)=O)[C@]12C)OOC1(CC[C@@]2(C)[C@H](C[C@@H](OC(C)=O)[C@@H]3[C@@H]2C[C@H](OC(C)=O)[C@]2(C)[C@@H](C(C)CCC(=O)OC)CC[C@@H]32)C1)OO5. The smallest absolute Gasteiger partial charge is 0.305 e. The molecule has 0 bridgehead atoms. The van der Waals surface area contributed by atoms with Gasteiger partial charge in [0.1, 0.15) is 24.4 Å². The molecule has 0 aromatic carbocycles. The van der Waals surface area contributed by atoms with Gasteiger partial charge in [0.25, 0.3) is 0 Å². The average Bonchev–Trinajstić information content (AvgIpc) is 3.89. The molecule has 0 aromatic rings. The van der Waals surface area contributed by atoms with Crippen LogP contribution in [0.2, 0.25) is 0 Å². The largest absolute Gasteiger partial charge is 0.469 e. The number of esters is 6. The number of hydrogen-bond donors (Lipinski definition) is 0. The van der Waals surface area contributed by atoms with Crippen molar-refractivity contribution >= 4 is 35.8 Å². The van der Waals surface area contributed by atoms with Gasteiger partial charge in [0.05, 0.1) is 14.2 Å². The predicted molar refractivity (Wildman–Crippen MR) is 265 cm³/mol. The molecule has 2 unspecified atom stereocenters. The minimum absolute atomic E-state index is 0.01000. The second-order valence-electron chi connectivity index (χ2n) is 26.3. The van der Waals surface area contributed by atoms with Gasteiger partial charge in [0, 0.05) is 88.9 Å². The summed E-state index contributed by atoms with van der Waals surface area (Å²) in [5, 5.41) is 0. The first-order valence-electron chi connectivity index (χ1n) is 28.4. The molecule has 2 spiro atoms. The summed E-state index contributed by atoms with van der Waals surface area (Å²) in [5.41, 5.74) is -1.24. The van der Waals surface area contributed by atoms with Gasteiger partial charge in [0.15, 0.2) is 0 Å². The monoisotopic (exact) mass is 1040 g/mol. The predicted octanol–water partition coefficient (Wildman–Crippen LogP) is 9.95. The Kier molecular flexibility index (Phi) is 15.3. The Hall–Kier alpha value is -3.34. The number of hydrogen-bond acceptors (Lipinski definition) is 16. The maximum absolute atomic E-state index is 13.0. The molecule has 9 rings (SSSR count). The van der Waals surface area contributed by atoms with Crippen molar-refractivity contribution in [3.63, 3.8) is 0 Å². The van der Waals surface area contributed by atoms with E-state index in [1.807, 2.05) is 0 Å². The molecule has 20 atom stereocenters. The molecule has 8 aliphatic carbocycles. The maximum atomic E-state index is 13.0. The third-order valence-electron chi connectivity index (χ3n) is 23.0. The summed E-state index contributed by atoms with van der Waals surface area (Å²) in [6.45, 7) is 19.6. The Morgan fingerprint density at radius 2 is 0.838 bits per heavy atom. The first-order valence-corrected chi connectivity index (χ1v) is 28.4. The first kappa shape index (κ1) is 55.4. The lowest BCUT2D eigenvalue weighted by Crippen LogP contribution is -2.66. The van der Waals surface area contributed by atoms with E-state index < -0.39 is 11.6 Å². The van der Waals surface area contributed by atoms with Crippen molar-refractivity contribution in [1.29, 1.82) is 0 Å². The standard InChI is InChI=1S/C58H88O16/c1-31(13-19-49(63)65-11)39-15-17-41-51-43(27-47(55(39,41)9)69-35(5)61)53(7)21-23-57(29-37(53)25-45(51)67-33(3)59)71-73-58(74-72-57)24-22-54(8)38(30-58)26-46(68-34(4)60)52-42-18-16-40(32(2)14-20-50(64)66-12)56(42,10)48(28-44(52)54)70-36(6)62/h31-32,37-48,51-52H,13-30H2,1-12H3/t31?,32?,37-,38-,39-,40-,41+,42+,43+,44+,45-,46-,47+,48+,51+,52+,53+,54+,55-,56-,57?,58?/m1/s1. The summed E-state index contributed by atoms with van der Waals surface area (Å²) in [7, 11) is 2.83. The van der Waals surface area contributed by atoms with Gasteiger partial charge in [-0.15, -0.1) is 0 Å². The Labute approximate surface area is 438 Å². The third kappa shape index (κ3) is 9.42. The maximum Gasteiger partial charge on any atom is 0.305 e. The summed E-state index contributed by atoms with van der Waals surface area (Å²) in [6, 6.07) is 0. The molecule has 16 nitrogen and oxygen atoms in total. The van der Waals surface area contributed by atoms with Crippen LogP contribution in [0.3, 0.4) is 0 Å². The van der Waals surface area contributed by atoms with Crippen molar-refractivity contribution in [2.45, 2.75) is 221 Å². The summed E-state index contributed by atoms with van der Waals surface area (Å²) in [6.07, 6.45) is 10.1. The van der Waals surface area contributed by atoms with Crippen LogP contribution in [0.5, 0.6) is 0 Å². The van der Waals surface area contributed by atoms with Crippen molar-refractivity contribution in [2.75, 3.05) is 14.2 Å². The Morgan fingerprint density at radius 1 is 0.486 bits per heavy atom. The van der Waals surface area contributed by atoms with Gasteiger partial charge in [0.2, 0.25) is 11.6 Å². The zero-order chi connectivity index (χ0) is 53.5. The molecule has 0 radical (unpaired) electrons. The van der Waals surface area contributed by atoms with E-state index in [2.05, 4.69) is 41.5 Å². The summed E-state index contributed by atoms with van der Waals surface area (Å²) in [4.78, 5) is 103. The van der Waals surface area contributed by atoms with Crippen LogP contribution in [0.25, 0.3) is 0 Å². The molecular formula is C58H88O16. The van der Waals surface area contributed by atoms with E-state index in [0.29, 0.717) is 77.0 Å². The number of carbonyl (C=O) groups excluding carboxylic acids is 6. The lowest BCUT2D eigenvalue weighted by Gasteiger charge is -2.66. The molecule has 1 heterocycles. The van der Waals surface area contributed by atoms with Crippen molar-refractivity contribution in [2.24, 2.45) is 92.7 Å². The van der Waals surface area contributed by atoms with Crippen molar-refractivity contribution in [3.05, 3.63) is 0 Å². The van der Waals surface area contributed by atoms with Crippen LogP contribution in [0, 0.1) is 92.7 Å². The van der Waals surface area contributed by atoms with Crippen molar-refractivity contribution in [1.82, 2.24) is 0 Å². The van der Waals surface area contributed by atoms with Crippen LogP contribution < -0.4 is 0 Å². The highest BCUT2D eigenvalue weighted by Crippen LogP contribution is 2.73. The quantitative estimate of drug-likeness (QED) is 0.102. The highest BCUT2D eigenvalue weighted by atomic mass is 17.4. The minimum atomic E-state index is -1.20. The highest BCUT2D eigenvalue weighted by Gasteiger charge is 2.72. The minimum Gasteiger partial charge on any atom is -0.469 e. The summed E-state index contributed by atoms with van der Waals surface area (Å²) >= 11 is 0. The van der Waals surface area contributed by atoms with Gasteiger partial charge >= 0.3 is 35.8 Å². The van der Waals surface area contributed by atoms with E-state index >= 15 is 0 Å². The molecular weight excluding hydrogens is 953 g/mol. The molecule has 1 aliphatic heterocycles. The second kappa shape index (κ2) is 20.5. The Bertz CT molecular complexity index is 2010. The molecule has 1 saturated heterocycles. The lowest BCUT2D eigenvalue weighted by atomic mass is 9.42. The highest BCUT2D eigenvalue weighted by molar-refractivity contribution is 5.69. The van der Waals surface area contributed by atoms with Gasteiger partial charge in [-0.25, -0.2) is 0 Å². The van der Waals surface area contributed by atoms with E-state index in [4.69, 9.17) is 48.0 Å². The number of methoxy groups -OCH3 is 2. The zero-order valence-corrected chi connectivity index (χ0v) is 46.5. The molecule has 16 heteroatoms. The van der Waals surface area contributed by atoms with Crippen LogP contribution >= 0.6 is 0 Å². The van der Waals surface area contributed by atoms with E-state index in [1.165, 1.54) is 41.9 Å². The Balaban J connectivity index is 0.929. The fourth-order valence-corrected chi connectivity index (χ4v) is 19.4. The third-order valence-corrected chi connectivity index (χ3v) is 23.0. The zero-order valence-electron chi connectivity index (χ0n) is 46.5. The summed E-state index contributed by atoms with van der Waals surface area (Å²) in [5.74, 6) is -2.87. The normalized spacial score (nSPS) is 46.7. The number of fused-ring (bicyclic) bond motifs is 10. The van der Waals surface area contributed by atoms with E-state index in [9.17, 15) is 28.8 Å². The molecule has 8 saturated carbocycles. The van der Waals surface area contributed by atoms with Crippen LogP contribution in [-0.4, -0.2) is 86.0 Å². The molecule has 0 N–H and O–H groups in total. The topological polar surface area (TPSA) is 195 Å². The van der Waals surface area contributed by atoms with E-state index in [1.54, 1.807) is 0 Å². The van der Waals surface area contributed by atoms with Gasteiger partial charge in [-0.2, -0.15) is 19.6 Å². The fraction of sp³-hybridized carbons (Fsp3) is 0.897. The first-order chi connectivity index (χ1) is 34.9. The molecule has 9 aliphatic rings. The van der Waals surface area contributed by atoms with Crippen LogP contribution in [0.15, 0.2) is 0 Å². The van der Waals surface area contributed by atoms with Crippen LogP contribution in [-0.2, 0) is 76.7 Å². The lowest BCUT2D eigenvalue weighted by molar-refractivity contribution is -0.667. The number of rotatable bonds is 12. The van der Waals surface area contributed by atoms with Gasteiger partial charge < -0.3 is 28.4 Å². The number of ether oxygens (including phenoxy) is 6. The number of carbonyl (C=O) groups is 6. The molecule has 416 valence electrons. The van der Waals surface area contributed by atoms with Gasteiger partial charge in [-0.05, 0) is 147 Å². The van der Waals surface area contributed by atoms with E-state index in [-0.39, 0.29) is 153 Å². The fourth-order valence-electron chi connectivity index (χ4n) is 19.4. The summed E-state index contributed by atoms with van der Waals surface area (Å²) < 4.78 is 35.5. The van der Waals surface area contributed by atoms with Crippen molar-refractivity contribution < 1.29 is 76.7 Å². The second-order valence-corrected chi connectivity index (χ2v) is 26.3. The van der Waals surface area contributed by atoms with Crippen molar-refractivity contribution in [3.8, 4) is 0 Å².